The predicted octanol–water partition coefficient (Wildman–Crippen LogP) is 0.501. The normalized spacial score (nSPS) is 24.6. The van der Waals surface area contributed by atoms with Crippen molar-refractivity contribution in [3.8, 4) is 11.3 Å². The molecule has 1 saturated heterocycles. The molecule has 1 saturated carbocycles. The van der Waals surface area contributed by atoms with Crippen LogP contribution in [0.2, 0.25) is 0 Å². The third-order valence-electron chi connectivity index (χ3n) is 8.06. The molecule has 3 aromatic rings. The molecular weight excluding hydrogens is 660 g/mol. The average Bonchev–Trinajstić information content (AvgIpc) is 3.82. The summed E-state index contributed by atoms with van der Waals surface area (Å²) < 4.78 is 0. The average molecular weight is 687 g/mol. The van der Waals surface area contributed by atoms with Crippen LogP contribution in [0, 0.1) is 0 Å². The van der Waals surface area contributed by atoms with Gasteiger partial charge >= 0.3 is 29.6 Å². The molecule has 226 valence electrons. The van der Waals surface area contributed by atoms with Crippen LogP contribution in [-0.2, 0) is 14.4 Å². The van der Waals surface area contributed by atoms with E-state index in [1.54, 1.807) is 11.6 Å². The summed E-state index contributed by atoms with van der Waals surface area (Å²) in [7, 11) is 0. The number of hydrogen-bond acceptors (Lipinski definition) is 12. The standard InChI is InChI=1S/C30H28N6O4S4.Na/c31-30(32-12-13-44-30)24(35-40-17-8-2-3-9-17)25(37)34-22-27(38)36-23(29(39)41)20(14-43-28(22)36)26-33-21(15-42-26)19-11-5-7-16-6-1-4-10-18(16)19;/h1,4-7,10-13,15,17,22,28,32H,2-3,8-9,14,31H2,(H,34,37)(H,39,41);/q;+1/p-1/t22-,28-,30?;/m1./s1. The maximum absolute atomic E-state index is 13.5. The summed E-state index contributed by atoms with van der Waals surface area (Å²) in [6, 6.07) is 13.3. The van der Waals surface area contributed by atoms with Crippen LogP contribution in [0.5, 0.6) is 0 Å². The van der Waals surface area contributed by atoms with E-state index < -0.39 is 33.3 Å². The van der Waals surface area contributed by atoms with Crippen LogP contribution in [0.1, 0.15) is 30.7 Å². The molecule has 1 aliphatic carbocycles. The molecule has 1 unspecified atom stereocenters. The minimum atomic E-state index is -1.34. The topological polar surface area (TPSA) is 145 Å². The number of aromatic nitrogens is 1. The molecule has 7 rings (SSSR count). The Hall–Kier alpha value is -2.43. The van der Waals surface area contributed by atoms with E-state index in [1.807, 2.05) is 29.6 Å². The van der Waals surface area contributed by atoms with Gasteiger partial charge in [-0.05, 0) is 46.9 Å². The van der Waals surface area contributed by atoms with Crippen molar-refractivity contribution < 1.29 is 49.1 Å². The van der Waals surface area contributed by atoms with Crippen molar-refractivity contribution in [2.45, 2.75) is 48.2 Å². The fraction of sp³-hybridized carbons (Fsp3) is 0.300. The van der Waals surface area contributed by atoms with Gasteiger partial charge in [0.05, 0.1) is 11.4 Å². The van der Waals surface area contributed by atoms with Crippen molar-refractivity contribution in [1.82, 2.24) is 20.5 Å². The van der Waals surface area contributed by atoms with Crippen LogP contribution in [0.15, 0.2) is 70.3 Å². The summed E-state index contributed by atoms with van der Waals surface area (Å²) in [5.74, 6) is -0.651. The second-order valence-electron chi connectivity index (χ2n) is 10.8. The van der Waals surface area contributed by atoms with Crippen LogP contribution in [-0.4, -0.2) is 60.7 Å². The summed E-state index contributed by atoms with van der Waals surface area (Å²) >= 11 is 9.15. The molecule has 4 N–H and O–H groups in total. The van der Waals surface area contributed by atoms with Gasteiger partial charge in [0, 0.05) is 28.5 Å². The van der Waals surface area contributed by atoms with E-state index in [4.69, 9.17) is 27.8 Å². The van der Waals surface area contributed by atoms with E-state index in [9.17, 15) is 14.7 Å². The van der Waals surface area contributed by atoms with Gasteiger partial charge in [0.1, 0.15) is 22.5 Å². The Bertz CT molecular complexity index is 1760. The maximum atomic E-state index is 13.5. The van der Waals surface area contributed by atoms with Crippen LogP contribution in [0.3, 0.4) is 0 Å². The second-order valence-corrected chi connectivity index (χ2v) is 14.3. The van der Waals surface area contributed by atoms with Crippen molar-refractivity contribution >= 4 is 86.0 Å². The molecule has 1 aromatic heterocycles. The number of oxime groups is 1. The summed E-state index contributed by atoms with van der Waals surface area (Å²) in [6.45, 7) is 0. The summed E-state index contributed by atoms with van der Waals surface area (Å²) in [4.78, 5) is 37.6. The Balaban J connectivity index is 0.00000357. The van der Waals surface area contributed by atoms with Crippen LogP contribution in [0.25, 0.3) is 27.6 Å². The zero-order valence-corrected chi connectivity index (χ0v) is 29.5. The Morgan fingerprint density at radius 2 is 2.00 bits per heavy atom. The minimum absolute atomic E-state index is 0. The summed E-state index contributed by atoms with van der Waals surface area (Å²) in [5.41, 5.74) is 8.92. The van der Waals surface area contributed by atoms with Gasteiger partial charge < -0.3 is 20.6 Å². The third-order valence-corrected chi connectivity index (χ3v) is 11.4. The minimum Gasteiger partial charge on any atom is -0.863 e. The number of thiazole rings is 1. The van der Waals surface area contributed by atoms with Gasteiger partial charge in [0.25, 0.3) is 11.8 Å². The van der Waals surface area contributed by atoms with Gasteiger partial charge in [-0.1, -0.05) is 71.6 Å². The predicted molar refractivity (Wildman–Crippen MR) is 177 cm³/mol. The summed E-state index contributed by atoms with van der Waals surface area (Å²) in [6.07, 6.45) is 5.36. The third kappa shape index (κ3) is 6.07. The van der Waals surface area contributed by atoms with E-state index in [0.29, 0.717) is 16.3 Å². The second kappa shape index (κ2) is 13.4. The molecule has 3 atom stereocenters. The van der Waals surface area contributed by atoms with Crippen molar-refractivity contribution in [3.05, 3.63) is 70.2 Å². The molecule has 2 amide bonds. The fourth-order valence-corrected chi connectivity index (χ4v) is 9.08. The molecule has 4 heterocycles. The number of β-lactam (4-membered cyclic amide) rings is 1. The molecule has 0 bridgehead atoms. The van der Waals surface area contributed by atoms with Crippen molar-refractivity contribution in [3.63, 3.8) is 0 Å². The molecule has 45 heavy (non-hydrogen) atoms. The number of carbonyl (C=O) groups is 2. The zero-order chi connectivity index (χ0) is 30.4. The Morgan fingerprint density at radius 1 is 1.22 bits per heavy atom. The maximum Gasteiger partial charge on any atom is 1.00 e. The first-order chi connectivity index (χ1) is 21.3. The molecule has 0 radical (unpaired) electrons. The first-order valence-corrected chi connectivity index (χ1v) is 17.3. The number of nitrogens with zero attached hydrogens (tertiary/aromatic N) is 3. The molecule has 15 heteroatoms. The largest absolute Gasteiger partial charge is 1.00 e. The van der Waals surface area contributed by atoms with E-state index >= 15 is 0 Å². The number of nitrogens with two attached hydrogens (primary N) is 1. The Kier molecular flexibility index (Phi) is 9.65. The monoisotopic (exact) mass is 686 g/mol. The van der Waals surface area contributed by atoms with Gasteiger partial charge in [-0.3, -0.25) is 20.2 Å². The molecule has 10 nitrogen and oxygen atoms in total. The van der Waals surface area contributed by atoms with Crippen molar-refractivity contribution in [2.24, 2.45) is 10.9 Å². The van der Waals surface area contributed by atoms with Gasteiger partial charge in [0.15, 0.2) is 10.7 Å². The number of fused-ring (bicyclic) bond motifs is 2. The van der Waals surface area contributed by atoms with Crippen LogP contribution < -0.4 is 51.0 Å². The number of benzene rings is 2. The van der Waals surface area contributed by atoms with Gasteiger partial charge in [-0.25, -0.2) is 4.98 Å². The number of hydrogen-bond donors (Lipinski definition) is 3. The smallest absolute Gasteiger partial charge is 0.863 e. The number of nitrogens with one attached hydrogen (secondary N) is 2. The molecule has 2 aromatic carbocycles. The van der Waals surface area contributed by atoms with Gasteiger partial charge in [0.2, 0.25) is 0 Å². The molecule has 2 fully saturated rings. The molecular formula is C30H27N6NaO4S4. The number of carbonyl (C=O) groups excluding carboxylic acids is 2. The number of amides is 2. The quantitative estimate of drug-likeness (QED) is 0.101. The van der Waals surface area contributed by atoms with Gasteiger partial charge in [-0.15, -0.1) is 23.1 Å². The number of thiocarbonyl (C=S) groups is 1. The Labute approximate surface area is 299 Å². The summed E-state index contributed by atoms with van der Waals surface area (Å²) in [5, 5.41) is 28.1. The first-order valence-electron chi connectivity index (χ1n) is 14.1. The fourth-order valence-electron chi connectivity index (χ4n) is 5.82. The van der Waals surface area contributed by atoms with E-state index in [2.05, 4.69) is 34.0 Å². The van der Waals surface area contributed by atoms with Crippen LogP contribution >= 0.6 is 47.1 Å². The van der Waals surface area contributed by atoms with E-state index in [0.717, 1.165) is 47.7 Å². The van der Waals surface area contributed by atoms with E-state index in [1.165, 1.54) is 39.8 Å². The number of thioether (sulfide) groups is 2. The molecule has 3 aliphatic heterocycles. The molecule has 0 spiro atoms. The molecule has 4 aliphatic rings. The van der Waals surface area contributed by atoms with Crippen LogP contribution in [0.4, 0.5) is 0 Å². The van der Waals surface area contributed by atoms with Gasteiger partial charge in [-0.2, -0.15) is 0 Å². The number of rotatable bonds is 8. The van der Waals surface area contributed by atoms with E-state index in [-0.39, 0.29) is 47.1 Å². The SMILES string of the molecule is NC1(C(=NOC2CCCC2)C(=O)N[C@@H]2C(=O)N3C(C([O-])=S)=C(c4nc(-c5cccc6ccccc56)cs4)CS[C@H]23)NC=CS1.[Na+]. The zero-order valence-electron chi connectivity index (χ0n) is 24.2. The van der Waals surface area contributed by atoms with Crippen molar-refractivity contribution in [1.29, 1.82) is 0 Å². The van der Waals surface area contributed by atoms with Crippen molar-refractivity contribution in [2.75, 3.05) is 5.75 Å². The first kappa shape index (κ1) is 32.5. The Morgan fingerprint density at radius 3 is 2.76 bits per heavy atom.